The van der Waals surface area contributed by atoms with E-state index in [4.69, 9.17) is 4.84 Å². The Hall–Kier alpha value is -0.570. The van der Waals surface area contributed by atoms with Crippen molar-refractivity contribution in [1.82, 2.24) is 5.06 Å². The lowest BCUT2D eigenvalue weighted by atomic mass is 10.1. The van der Waals surface area contributed by atoms with Crippen LogP contribution in [0.1, 0.15) is 90.4 Å². The Labute approximate surface area is 125 Å². The molecular weight excluding hydrogens is 250 g/mol. The van der Waals surface area contributed by atoms with E-state index in [2.05, 4.69) is 6.92 Å². The van der Waals surface area contributed by atoms with Crippen LogP contribution in [0.5, 0.6) is 0 Å². The largest absolute Gasteiger partial charge is 0.368 e. The van der Waals surface area contributed by atoms with Gasteiger partial charge in [0, 0.05) is 19.5 Å². The Balaban J connectivity index is 1.84. The van der Waals surface area contributed by atoms with Gasteiger partial charge in [0.25, 0.3) is 0 Å². The standard InChI is InChI=1S/C17H33NO2/c1-2-3-4-5-6-7-8-9-11-14-17(19)20-18-15-12-10-13-16-18/h2-16H2,1H3. The van der Waals surface area contributed by atoms with Gasteiger partial charge in [-0.1, -0.05) is 64.7 Å². The Morgan fingerprint density at radius 1 is 0.850 bits per heavy atom. The number of hydrogen-bond acceptors (Lipinski definition) is 3. The first-order valence-electron chi connectivity index (χ1n) is 8.78. The van der Waals surface area contributed by atoms with Crippen LogP contribution < -0.4 is 0 Å². The molecule has 1 aliphatic heterocycles. The van der Waals surface area contributed by atoms with Crippen LogP contribution in [0.25, 0.3) is 0 Å². The van der Waals surface area contributed by atoms with Crippen molar-refractivity contribution in [2.45, 2.75) is 90.4 Å². The summed E-state index contributed by atoms with van der Waals surface area (Å²) in [5.74, 6) is -0.0326. The molecule has 0 atom stereocenters. The third kappa shape index (κ3) is 9.35. The lowest BCUT2D eigenvalue weighted by Gasteiger charge is -2.24. The van der Waals surface area contributed by atoms with Crippen molar-refractivity contribution in [3.63, 3.8) is 0 Å². The Morgan fingerprint density at radius 3 is 2.00 bits per heavy atom. The van der Waals surface area contributed by atoms with Crippen LogP contribution in [0.2, 0.25) is 0 Å². The van der Waals surface area contributed by atoms with Gasteiger partial charge in [0.15, 0.2) is 0 Å². The third-order valence-electron chi connectivity index (χ3n) is 4.03. The van der Waals surface area contributed by atoms with Crippen LogP contribution in [0.15, 0.2) is 0 Å². The van der Waals surface area contributed by atoms with Crippen molar-refractivity contribution < 1.29 is 9.63 Å². The summed E-state index contributed by atoms with van der Waals surface area (Å²) < 4.78 is 0. The summed E-state index contributed by atoms with van der Waals surface area (Å²) in [6.45, 7) is 4.09. The van der Waals surface area contributed by atoms with Gasteiger partial charge < -0.3 is 4.84 Å². The fourth-order valence-corrected chi connectivity index (χ4v) is 2.73. The van der Waals surface area contributed by atoms with Gasteiger partial charge in [0.1, 0.15) is 0 Å². The Morgan fingerprint density at radius 2 is 1.40 bits per heavy atom. The maximum Gasteiger partial charge on any atom is 0.325 e. The van der Waals surface area contributed by atoms with Gasteiger partial charge in [-0.15, -0.1) is 5.06 Å². The molecule has 3 nitrogen and oxygen atoms in total. The predicted molar refractivity (Wildman–Crippen MR) is 83.4 cm³/mol. The average Bonchev–Trinajstić information content (AvgIpc) is 2.46. The number of piperidine rings is 1. The summed E-state index contributed by atoms with van der Waals surface area (Å²) in [5.41, 5.74) is 0. The Bertz CT molecular complexity index is 237. The van der Waals surface area contributed by atoms with E-state index >= 15 is 0 Å². The molecule has 0 amide bonds. The topological polar surface area (TPSA) is 29.5 Å². The second kappa shape index (κ2) is 12.2. The molecule has 20 heavy (non-hydrogen) atoms. The molecule has 0 aromatic heterocycles. The molecule has 0 aromatic rings. The predicted octanol–water partition coefficient (Wildman–Crippen LogP) is 4.85. The molecule has 1 rings (SSSR count). The fourth-order valence-electron chi connectivity index (χ4n) is 2.73. The normalized spacial score (nSPS) is 16.2. The molecule has 0 N–H and O–H groups in total. The maximum atomic E-state index is 11.7. The van der Waals surface area contributed by atoms with Crippen molar-refractivity contribution in [1.29, 1.82) is 0 Å². The van der Waals surface area contributed by atoms with Gasteiger partial charge in [-0.2, -0.15) is 0 Å². The van der Waals surface area contributed by atoms with Crippen molar-refractivity contribution in [2.24, 2.45) is 0 Å². The summed E-state index contributed by atoms with van der Waals surface area (Å²) in [6, 6.07) is 0. The van der Waals surface area contributed by atoms with Gasteiger partial charge in [-0.05, 0) is 19.3 Å². The summed E-state index contributed by atoms with van der Waals surface area (Å²) in [6.07, 6.45) is 15.7. The van der Waals surface area contributed by atoms with Crippen LogP contribution in [0.4, 0.5) is 0 Å². The van der Waals surface area contributed by atoms with E-state index in [0.717, 1.165) is 32.4 Å². The molecule has 3 heteroatoms. The average molecular weight is 283 g/mol. The summed E-state index contributed by atoms with van der Waals surface area (Å²) >= 11 is 0. The number of carbonyl (C=O) groups excluding carboxylic acids is 1. The molecule has 0 unspecified atom stereocenters. The van der Waals surface area contributed by atoms with Gasteiger partial charge in [-0.25, -0.2) is 0 Å². The van der Waals surface area contributed by atoms with E-state index in [-0.39, 0.29) is 5.97 Å². The zero-order chi connectivity index (χ0) is 14.5. The molecule has 0 spiro atoms. The molecule has 0 radical (unpaired) electrons. The summed E-state index contributed by atoms with van der Waals surface area (Å²) in [5, 5.41) is 1.85. The highest BCUT2D eigenvalue weighted by atomic mass is 16.7. The highest BCUT2D eigenvalue weighted by molar-refractivity contribution is 5.68. The van der Waals surface area contributed by atoms with Crippen LogP contribution in [0.3, 0.4) is 0 Å². The number of hydroxylamine groups is 2. The number of nitrogens with zero attached hydrogens (tertiary/aromatic N) is 1. The molecule has 0 saturated carbocycles. The number of carbonyl (C=O) groups is 1. The molecule has 0 aliphatic carbocycles. The van der Waals surface area contributed by atoms with Gasteiger partial charge in [0.2, 0.25) is 0 Å². The zero-order valence-corrected chi connectivity index (χ0v) is 13.4. The maximum absolute atomic E-state index is 11.7. The highest BCUT2D eigenvalue weighted by Gasteiger charge is 2.14. The number of rotatable bonds is 11. The second-order valence-corrected chi connectivity index (χ2v) is 6.03. The van der Waals surface area contributed by atoms with E-state index in [1.165, 1.54) is 57.8 Å². The van der Waals surface area contributed by atoms with Crippen molar-refractivity contribution in [3.8, 4) is 0 Å². The molecule has 1 aliphatic rings. The Kier molecular flexibility index (Phi) is 10.7. The molecular formula is C17H33NO2. The SMILES string of the molecule is CCCCCCCCCCCC(=O)ON1CCCCC1. The summed E-state index contributed by atoms with van der Waals surface area (Å²) in [4.78, 5) is 17.0. The van der Waals surface area contributed by atoms with Crippen molar-refractivity contribution in [2.75, 3.05) is 13.1 Å². The van der Waals surface area contributed by atoms with Gasteiger partial charge in [-0.3, -0.25) is 4.79 Å². The minimum atomic E-state index is -0.0326. The zero-order valence-electron chi connectivity index (χ0n) is 13.4. The number of unbranched alkanes of at least 4 members (excludes halogenated alkanes) is 8. The lowest BCUT2D eigenvalue weighted by Crippen LogP contribution is -2.32. The van der Waals surface area contributed by atoms with Gasteiger partial charge in [0.05, 0.1) is 0 Å². The fraction of sp³-hybridized carbons (Fsp3) is 0.941. The third-order valence-corrected chi connectivity index (χ3v) is 4.03. The van der Waals surface area contributed by atoms with Crippen LogP contribution in [0, 0.1) is 0 Å². The molecule has 1 saturated heterocycles. The lowest BCUT2D eigenvalue weighted by molar-refractivity contribution is -0.194. The molecule has 1 heterocycles. The first-order chi connectivity index (χ1) is 9.83. The summed E-state index contributed by atoms with van der Waals surface area (Å²) in [7, 11) is 0. The van der Waals surface area contributed by atoms with Crippen molar-refractivity contribution >= 4 is 5.97 Å². The molecule has 1 fully saturated rings. The van der Waals surface area contributed by atoms with E-state index in [9.17, 15) is 4.79 Å². The monoisotopic (exact) mass is 283 g/mol. The second-order valence-electron chi connectivity index (χ2n) is 6.03. The van der Waals surface area contributed by atoms with Crippen LogP contribution in [-0.4, -0.2) is 24.1 Å². The highest BCUT2D eigenvalue weighted by Crippen LogP contribution is 2.12. The van der Waals surface area contributed by atoms with E-state index in [1.54, 1.807) is 0 Å². The van der Waals surface area contributed by atoms with E-state index < -0.39 is 0 Å². The molecule has 118 valence electrons. The molecule has 0 bridgehead atoms. The minimum Gasteiger partial charge on any atom is -0.368 e. The van der Waals surface area contributed by atoms with Crippen LogP contribution in [-0.2, 0) is 9.63 Å². The van der Waals surface area contributed by atoms with Gasteiger partial charge >= 0.3 is 5.97 Å². The quantitative estimate of drug-likeness (QED) is 0.508. The minimum absolute atomic E-state index is 0.0326. The number of hydrogen-bond donors (Lipinski definition) is 0. The first-order valence-corrected chi connectivity index (χ1v) is 8.78. The van der Waals surface area contributed by atoms with Crippen LogP contribution >= 0.6 is 0 Å². The first kappa shape index (κ1) is 17.5. The van der Waals surface area contributed by atoms with Crippen molar-refractivity contribution in [3.05, 3.63) is 0 Å². The molecule has 0 aromatic carbocycles. The smallest absolute Gasteiger partial charge is 0.325 e. The van der Waals surface area contributed by atoms with E-state index in [1.807, 2.05) is 5.06 Å². The van der Waals surface area contributed by atoms with E-state index in [0.29, 0.717) is 6.42 Å².